The number of piperazine rings is 1. The number of hydrogen-bond donors (Lipinski definition) is 3. The summed E-state index contributed by atoms with van der Waals surface area (Å²) >= 11 is 0. The molecule has 3 N–H and O–H groups in total. The van der Waals surface area contributed by atoms with Crippen LogP contribution in [-0.2, 0) is 11.3 Å². The van der Waals surface area contributed by atoms with Gasteiger partial charge in [0.1, 0.15) is 0 Å². The van der Waals surface area contributed by atoms with Crippen molar-refractivity contribution in [3.63, 3.8) is 0 Å². The molecule has 1 heterocycles. The highest BCUT2D eigenvalue weighted by Crippen LogP contribution is 2.25. The van der Waals surface area contributed by atoms with Gasteiger partial charge in [-0.25, -0.2) is 0 Å². The third kappa shape index (κ3) is 4.74. The molecule has 140 valence electrons. The molecule has 0 radical (unpaired) electrons. The third-order valence-corrected chi connectivity index (χ3v) is 4.99. The van der Waals surface area contributed by atoms with Crippen molar-refractivity contribution in [2.75, 3.05) is 33.2 Å². The van der Waals surface area contributed by atoms with Gasteiger partial charge in [-0.15, -0.1) is 0 Å². The monoisotopic (exact) mass is 357 g/mol. The second kappa shape index (κ2) is 8.69. The first-order valence-electron chi connectivity index (χ1n) is 9.25. The summed E-state index contributed by atoms with van der Waals surface area (Å²) in [5.74, 6) is 1.37. The van der Waals surface area contributed by atoms with Crippen LogP contribution in [0.4, 0.5) is 0 Å². The summed E-state index contributed by atoms with van der Waals surface area (Å²) in [5, 5.41) is 9.38. The molecule has 1 aliphatic carbocycles. The first-order valence-corrected chi connectivity index (χ1v) is 9.25. The highest BCUT2D eigenvalue weighted by Gasteiger charge is 2.22. The maximum absolute atomic E-state index is 12.5. The normalized spacial score (nSPS) is 18.1. The number of rotatable bonds is 5. The average molecular weight is 357 g/mol. The summed E-state index contributed by atoms with van der Waals surface area (Å²) in [6, 6.07) is 7.50. The Kier molecular flexibility index (Phi) is 6.09. The average Bonchev–Trinajstić information content (AvgIpc) is 2.63. The lowest BCUT2D eigenvalue weighted by molar-refractivity contribution is -0.123. The van der Waals surface area contributed by atoms with E-state index in [0.717, 1.165) is 24.0 Å². The zero-order valence-electron chi connectivity index (χ0n) is 15.3. The lowest BCUT2D eigenvalue weighted by atomic mass is 9.85. The molecule has 26 heavy (non-hydrogen) atoms. The molecular formula is C19H27N5O2. The Balaban J connectivity index is 1.48. The van der Waals surface area contributed by atoms with Crippen LogP contribution < -0.4 is 16.0 Å². The number of aliphatic imine (C=N–C) groups is 1. The standard InChI is InChI=1S/C19H27N5O2/c1-20-19(22-11-14-3-2-4-14)23-12-15-5-7-16(8-6-15)18(26)24-10-9-21-17(25)13-24/h5-8,14H,2-4,9-13H2,1H3,(H,21,25)(H2,20,22,23). The first kappa shape index (κ1) is 18.2. The van der Waals surface area contributed by atoms with Crippen LogP contribution in [0.5, 0.6) is 0 Å². The molecule has 2 fully saturated rings. The predicted molar refractivity (Wildman–Crippen MR) is 101 cm³/mol. The fourth-order valence-corrected chi connectivity index (χ4v) is 3.10. The zero-order chi connectivity index (χ0) is 18.4. The molecule has 0 atom stereocenters. The molecule has 0 bridgehead atoms. The highest BCUT2D eigenvalue weighted by molar-refractivity contribution is 5.97. The number of amides is 2. The van der Waals surface area contributed by atoms with Crippen molar-refractivity contribution in [3.8, 4) is 0 Å². The zero-order valence-corrected chi connectivity index (χ0v) is 15.3. The van der Waals surface area contributed by atoms with Crippen LogP contribution in [-0.4, -0.2) is 55.9 Å². The Bertz CT molecular complexity index is 667. The van der Waals surface area contributed by atoms with Gasteiger partial charge in [-0.2, -0.15) is 0 Å². The third-order valence-electron chi connectivity index (χ3n) is 4.99. The van der Waals surface area contributed by atoms with Gasteiger partial charge in [0.05, 0.1) is 6.54 Å². The number of carbonyl (C=O) groups is 2. The molecule has 1 aliphatic heterocycles. The highest BCUT2D eigenvalue weighted by atomic mass is 16.2. The molecule has 0 aromatic heterocycles. The van der Waals surface area contributed by atoms with E-state index in [1.165, 1.54) is 19.3 Å². The largest absolute Gasteiger partial charge is 0.356 e. The molecule has 7 nitrogen and oxygen atoms in total. The van der Waals surface area contributed by atoms with E-state index in [1.54, 1.807) is 11.9 Å². The number of benzene rings is 1. The van der Waals surface area contributed by atoms with E-state index >= 15 is 0 Å². The first-order chi connectivity index (χ1) is 12.7. The summed E-state index contributed by atoms with van der Waals surface area (Å²) in [5.41, 5.74) is 1.68. The van der Waals surface area contributed by atoms with Crippen molar-refractivity contribution >= 4 is 17.8 Å². The Morgan fingerprint density at radius 3 is 2.65 bits per heavy atom. The molecule has 0 spiro atoms. The molecular weight excluding hydrogens is 330 g/mol. The van der Waals surface area contributed by atoms with Crippen LogP contribution in [0.25, 0.3) is 0 Å². The van der Waals surface area contributed by atoms with Gasteiger partial charge in [0.2, 0.25) is 5.91 Å². The SMILES string of the molecule is CN=C(NCc1ccc(C(=O)N2CCNC(=O)C2)cc1)NCC1CCC1. The number of nitrogens with zero attached hydrogens (tertiary/aromatic N) is 2. The van der Waals surface area contributed by atoms with E-state index in [1.807, 2.05) is 24.3 Å². The van der Waals surface area contributed by atoms with Crippen LogP contribution in [0.15, 0.2) is 29.3 Å². The van der Waals surface area contributed by atoms with E-state index in [0.29, 0.717) is 25.2 Å². The fourth-order valence-electron chi connectivity index (χ4n) is 3.10. The second-order valence-corrected chi connectivity index (χ2v) is 6.88. The molecule has 2 amide bonds. The van der Waals surface area contributed by atoms with Gasteiger partial charge in [-0.3, -0.25) is 14.6 Å². The quantitative estimate of drug-likeness (QED) is 0.536. The lowest BCUT2D eigenvalue weighted by Gasteiger charge is -2.26. The summed E-state index contributed by atoms with van der Waals surface area (Å²) < 4.78 is 0. The van der Waals surface area contributed by atoms with Crippen molar-refractivity contribution in [2.45, 2.75) is 25.8 Å². The van der Waals surface area contributed by atoms with Crippen molar-refractivity contribution < 1.29 is 9.59 Å². The van der Waals surface area contributed by atoms with Gasteiger partial charge >= 0.3 is 0 Å². The van der Waals surface area contributed by atoms with Gasteiger partial charge in [0.15, 0.2) is 5.96 Å². The number of hydrogen-bond acceptors (Lipinski definition) is 3. The van der Waals surface area contributed by atoms with Crippen LogP contribution in [0, 0.1) is 5.92 Å². The molecule has 1 aromatic rings. The van der Waals surface area contributed by atoms with Crippen LogP contribution in [0.2, 0.25) is 0 Å². The van der Waals surface area contributed by atoms with E-state index in [2.05, 4.69) is 20.9 Å². The molecule has 1 aromatic carbocycles. The summed E-state index contributed by atoms with van der Waals surface area (Å²) in [7, 11) is 1.77. The van der Waals surface area contributed by atoms with Crippen molar-refractivity contribution in [1.82, 2.24) is 20.9 Å². The van der Waals surface area contributed by atoms with E-state index in [9.17, 15) is 9.59 Å². The van der Waals surface area contributed by atoms with Crippen molar-refractivity contribution in [3.05, 3.63) is 35.4 Å². The number of nitrogens with one attached hydrogen (secondary N) is 3. The molecule has 3 rings (SSSR count). The van der Waals surface area contributed by atoms with Crippen molar-refractivity contribution in [2.24, 2.45) is 10.9 Å². The van der Waals surface area contributed by atoms with E-state index < -0.39 is 0 Å². The predicted octanol–water partition coefficient (Wildman–Crippen LogP) is 0.724. The molecule has 1 saturated carbocycles. The Hall–Kier alpha value is -2.57. The maximum atomic E-state index is 12.5. The van der Waals surface area contributed by atoms with Crippen molar-refractivity contribution in [1.29, 1.82) is 0 Å². The Labute approximate surface area is 154 Å². The smallest absolute Gasteiger partial charge is 0.254 e. The molecule has 7 heteroatoms. The van der Waals surface area contributed by atoms with Gasteiger partial charge in [0.25, 0.3) is 5.91 Å². The topological polar surface area (TPSA) is 85.8 Å². The molecule has 0 unspecified atom stereocenters. The fraction of sp³-hybridized carbons (Fsp3) is 0.526. The van der Waals surface area contributed by atoms with Gasteiger partial charge in [0, 0.05) is 38.8 Å². The minimum atomic E-state index is -0.105. The summed E-state index contributed by atoms with van der Waals surface area (Å²) in [4.78, 5) is 29.7. The van der Waals surface area contributed by atoms with E-state index in [-0.39, 0.29) is 18.4 Å². The summed E-state index contributed by atoms with van der Waals surface area (Å²) in [6.45, 7) is 2.81. The second-order valence-electron chi connectivity index (χ2n) is 6.88. The minimum absolute atomic E-state index is 0.0997. The van der Waals surface area contributed by atoms with Crippen LogP contribution in [0.1, 0.15) is 35.2 Å². The van der Waals surface area contributed by atoms with Gasteiger partial charge < -0.3 is 20.9 Å². The summed E-state index contributed by atoms with van der Waals surface area (Å²) in [6.07, 6.45) is 3.95. The number of carbonyl (C=O) groups excluding carboxylic acids is 2. The molecule has 2 aliphatic rings. The van der Waals surface area contributed by atoms with Crippen LogP contribution >= 0.6 is 0 Å². The van der Waals surface area contributed by atoms with Crippen LogP contribution in [0.3, 0.4) is 0 Å². The Morgan fingerprint density at radius 2 is 2.04 bits per heavy atom. The van der Waals surface area contributed by atoms with E-state index in [4.69, 9.17) is 0 Å². The Morgan fingerprint density at radius 1 is 1.27 bits per heavy atom. The number of guanidine groups is 1. The van der Waals surface area contributed by atoms with Gasteiger partial charge in [-0.1, -0.05) is 18.6 Å². The minimum Gasteiger partial charge on any atom is -0.356 e. The van der Waals surface area contributed by atoms with Gasteiger partial charge in [-0.05, 0) is 36.5 Å². The molecule has 1 saturated heterocycles. The lowest BCUT2D eigenvalue weighted by Crippen LogP contribution is -2.49. The maximum Gasteiger partial charge on any atom is 0.254 e.